The maximum Gasteiger partial charge on any atom is 0.246 e. The van der Waals surface area contributed by atoms with E-state index in [1.54, 1.807) is 0 Å². The number of aromatic nitrogens is 2. The second-order valence-electron chi connectivity index (χ2n) is 5.84. The number of nitrogens with two attached hydrogens (primary N) is 1. The molecule has 4 atom stereocenters. The van der Waals surface area contributed by atoms with Gasteiger partial charge >= 0.3 is 0 Å². The average Bonchev–Trinajstić information content (AvgIpc) is 3.04. The monoisotopic (exact) mass is 251 g/mol. The Labute approximate surface area is 107 Å². The number of nitrogens with zero attached hydrogens (tertiary/aromatic N) is 2. The zero-order chi connectivity index (χ0) is 12.8. The molecule has 5 nitrogen and oxygen atoms in total. The first-order chi connectivity index (χ1) is 8.60. The van der Waals surface area contributed by atoms with Gasteiger partial charge in [0, 0.05) is 0 Å². The highest BCUT2D eigenvalue weighted by molar-refractivity contribution is 5.09. The molecule has 3 rings (SSSR count). The van der Waals surface area contributed by atoms with Crippen LogP contribution in [-0.4, -0.2) is 22.3 Å². The van der Waals surface area contributed by atoms with E-state index in [0.29, 0.717) is 17.9 Å². The van der Waals surface area contributed by atoms with Crippen molar-refractivity contribution in [1.82, 2.24) is 10.1 Å². The molecular weight excluding hydrogens is 230 g/mol. The quantitative estimate of drug-likeness (QED) is 0.886. The average molecular weight is 251 g/mol. The maximum atomic E-state index is 6.21. The van der Waals surface area contributed by atoms with Crippen molar-refractivity contribution in [2.45, 2.75) is 69.6 Å². The third-order valence-electron chi connectivity index (χ3n) is 4.14. The standard InChI is InChI=1S/C13H21N3O2/c1-3-6-13(2,14)12-15-11(16-18-12)9-7-8-4-5-10(9)17-8/h8-10H,3-7,14H2,1-2H3. The summed E-state index contributed by atoms with van der Waals surface area (Å²) in [5.74, 6) is 1.64. The Bertz CT molecular complexity index is 430. The number of hydrogen-bond acceptors (Lipinski definition) is 5. The summed E-state index contributed by atoms with van der Waals surface area (Å²) in [6, 6.07) is 0. The predicted molar refractivity (Wildman–Crippen MR) is 66.0 cm³/mol. The predicted octanol–water partition coefficient (Wildman–Crippen LogP) is 2.08. The molecule has 5 heteroatoms. The van der Waals surface area contributed by atoms with E-state index in [-0.39, 0.29) is 6.10 Å². The molecule has 1 aromatic rings. The van der Waals surface area contributed by atoms with E-state index >= 15 is 0 Å². The highest BCUT2D eigenvalue weighted by Gasteiger charge is 2.44. The number of ether oxygens (including phenoxy) is 1. The van der Waals surface area contributed by atoms with Crippen molar-refractivity contribution in [1.29, 1.82) is 0 Å². The minimum Gasteiger partial charge on any atom is -0.374 e. The Balaban J connectivity index is 1.77. The summed E-state index contributed by atoms with van der Waals surface area (Å²) in [6.45, 7) is 4.05. The third-order valence-corrected chi connectivity index (χ3v) is 4.14. The van der Waals surface area contributed by atoms with Crippen LogP contribution in [0, 0.1) is 0 Å². The van der Waals surface area contributed by atoms with Gasteiger partial charge in [-0.1, -0.05) is 18.5 Å². The largest absolute Gasteiger partial charge is 0.374 e. The molecule has 2 saturated heterocycles. The molecule has 3 heterocycles. The van der Waals surface area contributed by atoms with Crippen LogP contribution in [0.5, 0.6) is 0 Å². The number of rotatable bonds is 4. The first kappa shape index (κ1) is 12.1. The van der Waals surface area contributed by atoms with Gasteiger partial charge in [0.25, 0.3) is 0 Å². The fraction of sp³-hybridized carbons (Fsp3) is 0.846. The second-order valence-corrected chi connectivity index (χ2v) is 5.84. The molecule has 2 aliphatic rings. The lowest BCUT2D eigenvalue weighted by Crippen LogP contribution is -2.33. The fourth-order valence-corrected chi connectivity index (χ4v) is 3.15. The maximum absolute atomic E-state index is 6.21. The molecule has 0 amide bonds. The first-order valence-electron chi connectivity index (χ1n) is 6.88. The summed E-state index contributed by atoms with van der Waals surface area (Å²) in [5, 5.41) is 4.12. The number of fused-ring (bicyclic) bond motifs is 2. The zero-order valence-corrected chi connectivity index (χ0v) is 11.1. The summed E-state index contributed by atoms with van der Waals surface area (Å²) in [7, 11) is 0. The SMILES string of the molecule is CCCC(C)(N)c1nc(C2CC3CCC2O3)no1. The molecule has 1 aromatic heterocycles. The van der Waals surface area contributed by atoms with Crippen molar-refractivity contribution in [2.24, 2.45) is 5.73 Å². The van der Waals surface area contributed by atoms with Crippen LogP contribution in [0.3, 0.4) is 0 Å². The molecule has 18 heavy (non-hydrogen) atoms. The molecular formula is C13H21N3O2. The van der Waals surface area contributed by atoms with Crippen LogP contribution in [0.1, 0.15) is 63.6 Å². The second kappa shape index (κ2) is 4.31. The van der Waals surface area contributed by atoms with Gasteiger partial charge in [-0.25, -0.2) is 0 Å². The molecule has 0 radical (unpaired) electrons. The lowest BCUT2D eigenvalue weighted by Gasteiger charge is -2.18. The molecule has 0 aromatic carbocycles. The molecule has 0 saturated carbocycles. The van der Waals surface area contributed by atoms with Crippen molar-refractivity contribution >= 4 is 0 Å². The lowest BCUT2D eigenvalue weighted by atomic mass is 9.89. The van der Waals surface area contributed by atoms with Gasteiger partial charge in [-0.15, -0.1) is 0 Å². The van der Waals surface area contributed by atoms with Crippen molar-refractivity contribution in [3.8, 4) is 0 Å². The van der Waals surface area contributed by atoms with Crippen LogP contribution in [0.15, 0.2) is 4.52 Å². The summed E-state index contributed by atoms with van der Waals surface area (Å²) >= 11 is 0. The molecule has 0 aliphatic carbocycles. The first-order valence-corrected chi connectivity index (χ1v) is 6.88. The van der Waals surface area contributed by atoms with E-state index in [2.05, 4.69) is 17.1 Å². The van der Waals surface area contributed by atoms with Crippen LogP contribution < -0.4 is 5.73 Å². The van der Waals surface area contributed by atoms with E-state index in [4.69, 9.17) is 15.0 Å². The van der Waals surface area contributed by atoms with E-state index in [1.165, 1.54) is 6.42 Å². The summed E-state index contributed by atoms with van der Waals surface area (Å²) in [5.41, 5.74) is 5.69. The van der Waals surface area contributed by atoms with Gasteiger partial charge in [-0.05, 0) is 32.6 Å². The zero-order valence-electron chi connectivity index (χ0n) is 11.1. The Morgan fingerprint density at radius 2 is 2.28 bits per heavy atom. The Morgan fingerprint density at radius 3 is 2.89 bits per heavy atom. The van der Waals surface area contributed by atoms with Gasteiger partial charge in [0.1, 0.15) is 0 Å². The van der Waals surface area contributed by atoms with Crippen molar-refractivity contribution in [3.05, 3.63) is 11.7 Å². The van der Waals surface area contributed by atoms with Gasteiger partial charge < -0.3 is 15.0 Å². The molecule has 2 fully saturated rings. The summed E-state index contributed by atoms with van der Waals surface area (Å²) in [4.78, 5) is 4.52. The van der Waals surface area contributed by atoms with Crippen LogP contribution in [-0.2, 0) is 10.3 Å². The lowest BCUT2D eigenvalue weighted by molar-refractivity contribution is 0.0996. The van der Waals surface area contributed by atoms with Crippen LogP contribution in [0.2, 0.25) is 0 Å². The van der Waals surface area contributed by atoms with Crippen molar-refractivity contribution < 1.29 is 9.26 Å². The normalized spacial score (nSPS) is 33.8. The molecule has 2 N–H and O–H groups in total. The highest BCUT2D eigenvalue weighted by atomic mass is 16.5. The Kier molecular flexibility index (Phi) is 2.90. The summed E-state index contributed by atoms with van der Waals surface area (Å²) < 4.78 is 11.2. The van der Waals surface area contributed by atoms with Crippen LogP contribution in [0.25, 0.3) is 0 Å². The van der Waals surface area contributed by atoms with E-state index in [1.807, 2.05) is 6.92 Å². The van der Waals surface area contributed by atoms with E-state index in [9.17, 15) is 0 Å². The van der Waals surface area contributed by atoms with Crippen LogP contribution >= 0.6 is 0 Å². The van der Waals surface area contributed by atoms with Gasteiger partial charge in [-0.2, -0.15) is 4.98 Å². The van der Waals surface area contributed by atoms with Gasteiger partial charge in [0.2, 0.25) is 5.89 Å². The van der Waals surface area contributed by atoms with Crippen LogP contribution in [0.4, 0.5) is 0 Å². The van der Waals surface area contributed by atoms with Crippen molar-refractivity contribution in [3.63, 3.8) is 0 Å². The van der Waals surface area contributed by atoms with E-state index < -0.39 is 5.54 Å². The molecule has 100 valence electrons. The minimum absolute atomic E-state index is 0.288. The Morgan fingerprint density at radius 1 is 1.44 bits per heavy atom. The molecule has 2 bridgehead atoms. The van der Waals surface area contributed by atoms with Crippen molar-refractivity contribution in [2.75, 3.05) is 0 Å². The molecule has 0 spiro atoms. The third kappa shape index (κ3) is 1.95. The number of hydrogen-bond donors (Lipinski definition) is 1. The topological polar surface area (TPSA) is 74.2 Å². The highest BCUT2D eigenvalue weighted by Crippen LogP contribution is 2.43. The van der Waals surface area contributed by atoms with Gasteiger partial charge in [0.05, 0.1) is 23.7 Å². The molecule has 4 unspecified atom stereocenters. The Hall–Kier alpha value is -0.940. The van der Waals surface area contributed by atoms with Gasteiger partial charge in [-0.3, -0.25) is 0 Å². The van der Waals surface area contributed by atoms with Gasteiger partial charge in [0.15, 0.2) is 5.82 Å². The summed E-state index contributed by atoms with van der Waals surface area (Å²) in [6.07, 6.45) is 5.87. The molecule has 2 aliphatic heterocycles. The van der Waals surface area contributed by atoms with E-state index in [0.717, 1.165) is 31.5 Å². The minimum atomic E-state index is -0.515. The fourth-order valence-electron chi connectivity index (χ4n) is 3.15. The smallest absolute Gasteiger partial charge is 0.246 e.